The van der Waals surface area contributed by atoms with E-state index in [0.29, 0.717) is 11.1 Å². The fourth-order valence-electron chi connectivity index (χ4n) is 4.16. The van der Waals surface area contributed by atoms with E-state index in [1.54, 1.807) is 72.8 Å². The molecule has 0 saturated heterocycles. The number of alkyl halides is 3. The molecule has 4 aromatic rings. The molecule has 0 spiro atoms. The first-order chi connectivity index (χ1) is 17.1. The van der Waals surface area contributed by atoms with E-state index in [4.69, 9.17) is 0 Å². The van der Waals surface area contributed by atoms with Crippen molar-refractivity contribution in [3.63, 3.8) is 0 Å². The lowest BCUT2D eigenvalue weighted by Gasteiger charge is -2.38. The van der Waals surface area contributed by atoms with Gasteiger partial charge < -0.3 is 5.11 Å². The Kier molecular flexibility index (Phi) is 7.31. The van der Waals surface area contributed by atoms with E-state index in [9.17, 15) is 26.7 Å². The number of halogens is 3. The molecular formula is C28H24F3NO3S. The molecule has 0 aliphatic rings. The first-order valence-electron chi connectivity index (χ1n) is 11.2. The second kappa shape index (κ2) is 10.3. The molecule has 0 radical (unpaired) electrons. The maximum absolute atomic E-state index is 13.4. The zero-order valence-electron chi connectivity index (χ0n) is 19.1. The molecule has 4 aromatic carbocycles. The van der Waals surface area contributed by atoms with Crippen molar-refractivity contribution in [2.75, 3.05) is 0 Å². The van der Waals surface area contributed by atoms with E-state index < -0.39 is 33.4 Å². The number of rotatable bonds is 8. The van der Waals surface area contributed by atoms with Crippen molar-refractivity contribution in [1.29, 1.82) is 0 Å². The molecule has 1 atom stereocenters. The molecule has 0 amide bonds. The lowest BCUT2D eigenvalue weighted by molar-refractivity contribution is -0.137. The van der Waals surface area contributed by atoms with Gasteiger partial charge >= 0.3 is 6.18 Å². The molecule has 0 bridgehead atoms. The van der Waals surface area contributed by atoms with Crippen LogP contribution in [0.4, 0.5) is 13.2 Å². The van der Waals surface area contributed by atoms with E-state index in [-0.39, 0.29) is 11.3 Å². The van der Waals surface area contributed by atoms with Crippen LogP contribution in [0, 0.1) is 0 Å². The third-order valence-electron chi connectivity index (χ3n) is 6.00. The highest BCUT2D eigenvalue weighted by Crippen LogP contribution is 2.36. The smallest absolute Gasteiger partial charge is 0.379 e. The number of nitrogens with one attached hydrogen (secondary N) is 1. The molecule has 0 heterocycles. The Bertz CT molecular complexity index is 1340. The summed E-state index contributed by atoms with van der Waals surface area (Å²) in [5.41, 5.74) is -1.05. The summed E-state index contributed by atoms with van der Waals surface area (Å²) in [6.07, 6.45) is -4.48. The molecule has 0 aromatic heterocycles. The topological polar surface area (TPSA) is 66.4 Å². The van der Waals surface area contributed by atoms with Gasteiger partial charge in [-0.1, -0.05) is 91.0 Å². The third kappa shape index (κ3) is 5.51. The molecule has 0 aliphatic heterocycles. The van der Waals surface area contributed by atoms with Crippen molar-refractivity contribution in [1.82, 2.24) is 4.72 Å². The van der Waals surface area contributed by atoms with Gasteiger partial charge in [0.2, 0.25) is 10.0 Å². The van der Waals surface area contributed by atoms with Crippen LogP contribution >= 0.6 is 0 Å². The lowest BCUT2D eigenvalue weighted by Crippen LogP contribution is -2.52. The molecule has 2 N–H and O–H groups in total. The van der Waals surface area contributed by atoms with Crippen LogP contribution in [-0.4, -0.2) is 19.6 Å². The van der Waals surface area contributed by atoms with Gasteiger partial charge in [0.25, 0.3) is 0 Å². The predicted molar refractivity (Wildman–Crippen MR) is 132 cm³/mol. The molecule has 4 rings (SSSR count). The van der Waals surface area contributed by atoms with Crippen molar-refractivity contribution < 1.29 is 26.7 Å². The summed E-state index contributed by atoms with van der Waals surface area (Å²) in [5.74, 6) is 0. The summed E-state index contributed by atoms with van der Waals surface area (Å²) in [6, 6.07) is 28.6. The van der Waals surface area contributed by atoms with Gasteiger partial charge in [0.15, 0.2) is 0 Å². The summed E-state index contributed by atoms with van der Waals surface area (Å²) in [7, 11) is -4.32. The highest BCUT2D eigenvalue weighted by Gasteiger charge is 2.42. The van der Waals surface area contributed by atoms with Crippen molar-refractivity contribution in [2.45, 2.75) is 29.1 Å². The molecule has 36 heavy (non-hydrogen) atoms. The number of hydrogen-bond acceptors (Lipinski definition) is 3. The van der Waals surface area contributed by atoms with E-state index in [1.807, 2.05) is 18.2 Å². The van der Waals surface area contributed by atoms with Gasteiger partial charge in [-0.2, -0.15) is 13.2 Å². The van der Waals surface area contributed by atoms with Gasteiger partial charge in [-0.15, -0.1) is 0 Å². The predicted octanol–water partition coefficient (Wildman–Crippen LogP) is 5.53. The molecule has 8 heteroatoms. The molecular weight excluding hydrogens is 487 g/mol. The van der Waals surface area contributed by atoms with Gasteiger partial charge in [0, 0.05) is 0 Å². The van der Waals surface area contributed by atoms with Crippen molar-refractivity contribution >= 4 is 10.0 Å². The van der Waals surface area contributed by atoms with Crippen LogP contribution in [0.1, 0.15) is 22.3 Å². The molecule has 0 saturated carbocycles. The van der Waals surface area contributed by atoms with Gasteiger partial charge in [-0.05, 0) is 47.4 Å². The first kappa shape index (κ1) is 25.6. The fraction of sp³-hybridized carbons (Fsp3) is 0.143. The fourth-order valence-corrected chi connectivity index (χ4v) is 5.42. The number of hydrogen-bond donors (Lipinski definition) is 2. The van der Waals surface area contributed by atoms with Gasteiger partial charge in [0.05, 0.1) is 16.5 Å². The van der Waals surface area contributed by atoms with Crippen LogP contribution in [0.25, 0.3) is 0 Å². The number of sulfonamides is 1. The zero-order chi connectivity index (χ0) is 25.8. The van der Waals surface area contributed by atoms with Crippen molar-refractivity contribution in [3.05, 3.63) is 138 Å². The Morgan fingerprint density at radius 2 is 1.11 bits per heavy atom. The second-order valence-corrected chi connectivity index (χ2v) is 10.1. The quantitative estimate of drug-likeness (QED) is 0.327. The molecule has 186 valence electrons. The van der Waals surface area contributed by atoms with Gasteiger partial charge in [-0.25, -0.2) is 13.1 Å². The van der Waals surface area contributed by atoms with Gasteiger partial charge in [-0.3, -0.25) is 0 Å². The van der Waals surface area contributed by atoms with Crippen LogP contribution in [0.15, 0.2) is 120 Å². The minimum atomic E-state index is -4.59. The van der Waals surface area contributed by atoms with E-state index in [0.717, 1.165) is 29.8 Å². The summed E-state index contributed by atoms with van der Waals surface area (Å²) in [6.45, 7) is 0. The largest absolute Gasteiger partial charge is 0.416 e. The molecule has 0 aliphatic carbocycles. The molecule has 0 fully saturated rings. The average Bonchev–Trinajstić information content (AvgIpc) is 2.89. The van der Waals surface area contributed by atoms with E-state index in [2.05, 4.69) is 4.72 Å². The van der Waals surface area contributed by atoms with Crippen LogP contribution < -0.4 is 4.72 Å². The summed E-state index contributed by atoms with van der Waals surface area (Å²) in [4.78, 5) is -0.336. The normalized spacial score (nSPS) is 13.3. The Hall–Kier alpha value is -3.46. The lowest BCUT2D eigenvalue weighted by atomic mass is 9.78. The number of aliphatic hydroxyl groups is 1. The Balaban J connectivity index is 1.82. The minimum Gasteiger partial charge on any atom is -0.379 e. The maximum atomic E-state index is 13.4. The SMILES string of the molecule is O=S(=O)(N[C@@H](Cc1ccccc1)C(O)(c1ccccc1)c1ccccc1)c1ccc(C(F)(F)F)cc1. The van der Waals surface area contributed by atoms with Crippen LogP contribution in [0.2, 0.25) is 0 Å². The Morgan fingerprint density at radius 1 is 0.667 bits per heavy atom. The van der Waals surface area contributed by atoms with Crippen molar-refractivity contribution in [2.24, 2.45) is 0 Å². The highest BCUT2D eigenvalue weighted by atomic mass is 32.2. The van der Waals surface area contributed by atoms with E-state index in [1.165, 1.54) is 0 Å². The van der Waals surface area contributed by atoms with Crippen LogP contribution in [-0.2, 0) is 28.2 Å². The van der Waals surface area contributed by atoms with Crippen LogP contribution in [0.5, 0.6) is 0 Å². The average molecular weight is 512 g/mol. The monoisotopic (exact) mass is 511 g/mol. The van der Waals surface area contributed by atoms with E-state index >= 15 is 0 Å². The zero-order valence-corrected chi connectivity index (χ0v) is 19.9. The third-order valence-corrected chi connectivity index (χ3v) is 7.49. The summed E-state index contributed by atoms with van der Waals surface area (Å²) >= 11 is 0. The molecule has 0 unspecified atom stereocenters. The maximum Gasteiger partial charge on any atom is 0.416 e. The van der Waals surface area contributed by atoms with Gasteiger partial charge in [0.1, 0.15) is 5.60 Å². The minimum absolute atomic E-state index is 0.112. The van der Waals surface area contributed by atoms with Crippen molar-refractivity contribution in [3.8, 4) is 0 Å². The van der Waals surface area contributed by atoms with Crippen LogP contribution in [0.3, 0.4) is 0 Å². The summed E-state index contributed by atoms with van der Waals surface area (Å²) in [5, 5.41) is 12.3. The Morgan fingerprint density at radius 3 is 1.56 bits per heavy atom. The number of benzene rings is 4. The highest BCUT2D eigenvalue weighted by molar-refractivity contribution is 7.89. The standard InChI is InChI=1S/C28H24F3NO3S/c29-28(30,31)24-16-18-25(19-17-24)36(34,35)32-26(20-21-10-4-1-5-11-21)27(33,22-12-6-2-7-13-22)23-14-8-3-9-15-23/h1-19,26,32-33H,20H2/t26-/m0/s1. The second-order valence-electron chi connectivity index (χ2n) is 8.38. The molecule has 4 nitrogen and oxygen atoms in total. The first-order valence-corrected chi connectivity index (χ1v) is 12.7. The Labute approximate surface area is 208 Å². The summed E-state index contributed by atoms with van der Waals surface area (Å²) < 4.78 is 68.4.